The highest BCUT2D eigenvalue weighted by atomic mass is 16.7. The zero-order valence-electron chi connectivity index (χ0n) is 38.2. The van der Waals surface area contributed by atoms with Crippen LogP contribution in [0, 0.1) is 0 Å². The first-order valence-corrected chi connectivity index (χ1v) is 21.5. The van der Waals surface area contributed by atoms with Crippen LogP contribution < -0.4 is 9.47 Å². The summed E-state index contributed by atoms with van der Waals surface area (Å²) in [6.07, 6.45) is -12.6. The van der Waals surface area contributed by atoms with Gasteiger partial charge in [-0.15, -0.1) is 0 Å². The van der Waals surface area contributed by atoms with E-state index in [4.69, 9.17) is 37.9 Å². The minimum atomic E-state index is -2.63. The zero-order valence-corrected chi connectivity index (χ0v) is 38.2. The molecule has 30 nitrogen and oxygen atoms in total. The number of cyclic esters (lactones) is 1. The average molecular weight is 1090 g/mol. The van der Waals surface area contributed by atoms with Crippen molar-refractivity contribution in [1.29, 1.82) is 0 Å². The van der Waals surface area contributed by atoms with Gasteiger partial charge in [-0.1, -0.05) is 0 Å². The first kappa shape index (κ1) is 51.6. The molecule has 0 saturated carbocycles. The normalized spacial score (nSPS) is 18.5. The molecule has 78 heavy (non-hydrogen) atoms. The molecule has 1 saturated heterocycles. The van der Waals surface area contributed by atoms with Crippen molar-refractivity contribution >= 4 is 35.8 Å². The zero-order chi connectivity index (χ0) is 56.7. The second-order valence-electron chi connectivity index (χ2n) is 16.7. The standard InChI is InChI=1S/C48H32O30/c49-17-1-11(2-18(50)29(17)57)42(65)76-40-39-26(73-48(78-44(67)13-5-21(53)31(59)22(54)6-13)41(40)77-43(66)12-3-19(51)30(58)20(52)4-12)10-71-45(68)15-9-25-38(74-47(70)16-8-24(56)33(61)36(64)37(16)72-25)35(63)28(15)27-14(46(69)75-39)7-23(55)32(60)34(27)62/h1-9,26,39-41,48-64H,10H2. The molecule has 6 aromatic carbocycles. The molecular formula is C48H32O30. The van der Waals surface area contributed by atoms with Crippen LogP contribution in [0.2, 0.25) is 0 Å². The number of benzene rings is 6. The van der Waals surface area contributed by atoms with Gasteiger partial charge in [0.15, 0.2) is 98.5 Å². The van der Waals surface area contributed by atoms with Gasteiger partial charge < -0.3 is 120 Å². The summed E-state index contributed by atoms with van der Waals surface area (Å²) < 4.78 is 44.8. The fourth-order valence-electron chi connectivity index (χ4n) is 8.07. The van der Waals surface area contributed by atoms with E-state index in [2.05, 4.69) is 0 Å². The minimum Gasteiger partial charge on any atom is -0.504 e. The van der Waals surface area contributed by atoms with E-state index in [1.165, 1.54) is 0 Å². The highest BCUT2D eigenvalue weighted by molar-refractivity contribution is 6.09. The number of hydrogen-bond donors (Lipinski definition) is 16. The third-order valence-corrected chi connectivity index (χ3v) is 11.8. The van der Waals surface area contributed by atoms with Crippen LogP contribution in [-0.4, -0.2) is 155 Å². The summed E-state index contributed by atoms with van der Waals surface area (Å²) in [6.45, 7) is -1.36. The van der Waals surface area contributed by atoms with Gasteiger partial charge in [0.25, 0.3) is 0 Å². The van der Waals surface area contributed by atoms with Crippen LogP contribution in [0.25, 0.3) is 11.1 Å². The van der Waals surface area contributed by atoms with Crippen molar-refractivity contribution in [1.82, 2.24) is 0 Å². The van der Waals surface area contributed by atoms with Gasteiger partial charge in [-0.05, 0) is 42.5 Å². The summed E-state index contributed by atoms with van der Waals surface area (Å²) in [5.41, 5.74) is -7.87. The summed E-state index contributed by atoms with van der Waals surface area (Å²) in [5, 5.41) is 168. The molecule has 404 valence electrons. The van der Waals surface area contributed by atoms with Crippen LogP contribution in [0.15, 0.2) is 54.6 Å². The number of aromatic hydroxyl groups is 16. The average Bonchev–Trinajstić information content (AvgIpc) is 3.59. The molecule has 0 aliphatic carbocycles. The predicted octanol–water partition coefficient (Wildman–Crippen LogP) is 2.70. The smallest absolute Gasteiger partial charge is 0.347 e. The molecule has 3 heterocycles. The molecule has 5 atom stereocenters. The van der Waals surface area contributed by atoms with Crippen LogP contribution in [0.5, 0.6) is 109 Å². The lowest BCUT2D eigenvalue weighted by Crippen LogP contribution is -2.63. The largest absolute Gasteiger partial charge is 0.504 e. The van der Waals surface area contributed by atoms with Gasteiger partial charge >= 0.3 is 35.8 Å². The van der Waals surface area contributed by atoms with Crippen LogP contribution in [0.3, 0.4) is 0 Å². The molecule has 16 N–H and O–H groups in total. The van der Waals surface area contributed by atoms with Crippen molar-refractivity contribution < 1.29 is 148 Å². The Kier molecular flexibility index (Phi) is 12.5. The lowest BCUT2D eigenvalue weighted by molar-refractivity contribution is -0.282. The second-order valence-corrected chi connectivity index (χ2v) is 16.7. The van der Waals surface area contributed by atoms with Gasteiger partial charge in [-0.2, -0.15) is 0 Å². The van der Waals surface area contributed by atoms with E-state index in [0.29, 0.717) is 54.6 Å². The fourth-order valence-corrected chi connectivity index (χ4v) is 8.07. The van der Waals surface area contributed by atoms with E-state index in [1.807, 2.05) is 0 Å². The van der Waals surface area contributed by atoms with Crippen molar-refractivity contribution in [2.75, 3.05) is 6.61 Å². The third-order valence-electron chi connectivity index (χ3n) is 11.8. The second kappa shape index (κ2) is 18.9. The lowest BCUT2D eigenvalue weighted by Gasteiger charge is -2.43. The van der Waals surface area contributed by atoms with Gasteiger partial charge in [0.1, 0.15) is 18.3 Å². The van der Waals surface area contributed by atoms with Crippen LogP contribution >= 0.6 is 0 Å². The maximum Gasteiger partial charge on any atom is 0.347 e. The van der Waals surface area contributed by atoms with E-state index in [9.17, 15) is 110 Å². The SMILES string of the molecule is O=C(OC1OC2COC(=O)c3cc4c(c(O)c3-c3c(cc(O)c(O)c3O)C(=O)OC2C(OC(=O)c2cc(O)c(O)c(O)c2)C1OC(=O)c1cc(O)c(O)c(O)c1)OC(=O)c1cc(O)c(O)c(O)c1O4)c1cc(O)c(O)c(O)c1. The molecule has 6 aromatic rings. The van der Waals surface area contributed by atoms with Crippen LogP contribution in [0.4, 0.5) is 0 Å². The molecule has 0 bridgehead atoms. The maximum atomic E-state index is 14.8. The highest BCUT2D eigenvalue weighted by Gasteiger charge is 2.55. The number of hydrogen-bond acceptors (Lipinski definition) is 30. The van der Waals surface area contributed by atoms with Crippen molar-refractivity contribution in [3.8, 4) is 120 Å². The summed E-state index contributed by atoms with van der Waals surface area (Å²) in [6, 6.07) is 4.64. The molecule has 0 amide bonds. The van der Waals surface area contributed by atoms with Gasteiger partial charge in [-0.25, -0.2) is 28.8 Å². The molecule has 30 heteroatoms. The molecule has 3 aliphatic heterocycles. The molecular weight excluding hydrogens is 1060 g/mol. The molecule has 5 unspecified atom stereocenters. The number of fused-ring (bicyclic) bond motifs is 6. The third kappa shape index (κ3) is 8.70. The summed E-state index contributed by atoms with van der Waals surface area (Å²) >= 11 is 0. The van der Waals surface area contributed by atoms with E-state index >= 15 is 0 Å². The number of ether oxygens (including phenoxy) is 8. The minimum absolute atomic E-state index is 0.364. The summed E-state index contributed by atoms with van der Waals surface area (Å²) in [5.74, 6) is -32.8. The van der Waals surface area contributed by atoms with Crippen molar-refractivity contribution in [3.63, 3.8) is 0 Å². The van der Waals surface area contributed by atoms with Gasteiger partial charge in [0.05, 0.1) is 27.8 Å². The maximum absolute atomic E-state index is 14.8. The number of carbonyl (C=O) groups excluding carboxylic acids is 6. The van der Waals surface area contributed by atoms with E-state index < -0.39 is 227 Å². The van der Waals surface area contributed by atoms with E-state index in [1.54, 1.807) is 0 Å². The number of esters is 6. The van der Waals surface area contributed by atoms with E-state index in [-0.39, 0.29) is 0 Å². The number of phenols is 16. The Bertz CT molecular complexity index is 3570. The van der Waals surface area contributed by atoms with Crippen molar-refractivity contribution in [2.45, 2.75) is 30.7 Å². The molecule has 0 radical (unpaired) electrons. The van der Waals surface area contributed by atoms with E-state index in [0.717, 1.165) is 0 Å². The number of phenolic OH excluding ortho intramolecular Hbond substituents is 16. The van der Waals surface area contributed by atoms with Gasteiger partial charge in [-0.3, -0.25) is 0 Å². The monoisotopic (exact) mass is 1090 g/mol. The molecule has 0 spiro atoms. The lowest BCUT2D eigenvalue weighted by atomic mass is 9.91. The number of carbonyl (C=O) groups is 6. The topological polar surface area (TPSA) is 500 Å². The van der Waals surface area contributed by atoms with Crippen molar-refractivity contribution in [3.05, 3.63) is 88.0 Å². The Morgan fingerprint density at radius 3 is 1.35 bits per heavy atom. The van der Waals surface area contributed by atoms with Gasteiger partial charge in [0.2, 0.25) is 35.4 Å². The Balaban J connectivity index is 1.24. The first-order chi connectivity index (χ1) is 36.7. The first-order valence-electron chi connectivity index (χ1n) is 21.5. The molecule has 3 aliphatic rings. The van der Waals surface area contributed by atoms with Crippen LogP contribution in [0.1, 0.15) is 62.1 Å². The summed E-state index contributed by atoms with van der Waals surface area (Å²) in [7, 11) is 0. The Morgan fingerprint density at radius 1 is 0.410 bits per heavy atom. The van der Waals surface area contributed by atoms with Gasteiger partial charge in [0, 0.05) is 23.3 Å². The van der Waals surface area contributed by atoms with Crippen molar-refractivity contribution in [2.24, 2.45) is 0 Å². The fraction of sp³-hybridized carbons (Fsp3) is 0.125. The Morgan fingerprint density at radius 2 is 0.833 bits per heavy atom. The number of rotatable bonds is 6. The van der Waals surface area contributed by atoms with Crippen LogP contribution in [-0.2, 0) is 28.4 Å². The molecule has 9 rings (SSSR count). The molecule has 0 aromatic heterocycles. The molecule has 1 fully saturated rings. The Labute approximate surface area is 429 Å². The summed E-state index contributed by atoms with van der Waals surface area (Å²) in [4.78, 5) is 84.8. The highest BCUT2D eigenvalue weighted by Crippen LogP contribution is 2.57. The Hall–Kier alpha value is -11.3. The predicted molar refractivity (Wildman–Crippen MR) is 241 cm³/mol. The quantitative estimate of drug-likeness (QED) is 0.0493.